The van der Waals surface area contributed by atoms with Crippen molar-refractivity contribution in [2.24, 2.45) is 0 Å². The SMILES string of the molecule is O=P(O)(O)c1cc(C(F)(F)F)cc(C(F)(F)F)c1. The molecule has 0 heterocycles. The minimum absolute atomic E-state index is 0.00395. The van der Waals surface area contributed by atoms with Gasteiger partial charge < -0.3 is 9.79 Å². The molecule has 0 saturated carbocycles. The number of benzene rings is 1. The normalized spacial score (nSPS) is 13.8. The lowest BCUT2D eigenvalue weighted by Gasteiger charge is -2.14. The summed E-state index contributed by atoms with van der Waals surface area (Å²) >= 11 is 0. The molecule has 0 aliphatic carbocycles. The van der Waals surface area contributed by atoms with Gasteiger partial charge >= 0.3 is 19.9 Å². The maximum atomic E-state index is 12.3. The van der Waals surface area contributed by atoms with E-state index in [1.807, 2.05) is 0 Å². The van der Waals surface area contributed by atoms with Crippen LogP contribution in [0.1, 0.15) is 11.1 Å². The minimum Gasteiger partial charge on any atom is -0.321 e. The molecule has 0 amide bonds. The summed E-state index contributed by atoms with van der Waals surface area (Å²) in [6, 6.07) is -0.217. The predicted octanol–water partition coefficient (Wildman–Crippen LogP) is 2.53. The van der Waals surface area contributed by atoms with Gasteiger partial charge in [0, 0.05) is 0 Å². The van der Waals surface area contributed by atoms with E-state index in [1.165, 1.54) is 0 Å². The standard InChI is InChI=1S/C8H5F6O3P/c9-7(10,11)4-1-5(8(12,13)14)3-6(2-4)18(15,16)17/h1-3H,(H2,15,16,17). The first-order valence-electron chi connectivity index (χ1n) is 4.17. The number of hydrogen-bond acceptors (Lipinski definition) is 1. The zero-order valence-electron chi connectivity index (χ0n) is 8.25. The molecule has 10 heteroatoms. The summed E-state index contributed by atoms with van der Waals surface area (Å²) in [5, 5.41) is -1.33. The summed E-state index contributed by atoms with van der Waals surface area (Å²) in [7, 11) is -5.21. The molecule has 0 fully saturated rings. The third kappa shape index (κ3) is 3.47. The molecule has 0 radical (unpaired) electrons. The van der Waals surface area contributed by atoms with Gasteiger partial charge in [0.15, 0.2) is 0 Å². The van der Waals surface area contributed by atoms with Crippen LogP contribution in [0.5, 0.6) is 0 Å². The molecule has 1 aromatic rings. The Bertz CT molecular complexity index is 468. The van der Waals surface area contributed by atoms with Gasteiger partial charge in [0.2, 0.25) is 0 Å². The third-order valence-electron chi connectivity index (χ3n) is 1.91. The second kappa shape index (κ2) is 4.25. The maximum absolute atomic E-state index is 12.3. The van der Waals surface area contributed by atoms with Crippen LogP contribution in [-0.4, -0.2) is 9.79 Å². The van der Waals surface area contributed by atoms with E-state index in [9.17, 15) is 30.9 Å². The van der Waals surface area contributed by atoms with Crippen LogP contribution in [0.25, 0.3) is 0 Å². The second-order valence-corrected chi connectivity index (χ2v) is 4.91. The Morgan fingerprint density at radius 2 is 1.17 bits per heavy atom. The maximum Gasteiger partial charge on any atom is 0.416 e. The molecule has 0 unspecified atom stereocenters. The van der Waals surface area contributed by atoms with Crippen LogP contribution in [0.15, 0.2) is 18.2 Å². The Kier molecular flexibility index (Phi) is 3.55. The highest BCUT2D eigenvalue weighted by molar-refractivity contribution is 7.60. The lowest BCUT2D eigenvalue weighted by atomic mass is 10.1. The second-order valence-electron chi connectivity index (χ2n) is 3.31. The van der Waals surface area contributed by atoms with Crippen molar-refractivity contribution >= 4 is 12.9 Å². The summed E-state index contributed by atoms with van der Waals surface area (Å²) in [6.07, 6.45) is -10.3. The van der Waals surface area contributed by atoms with E-state index >= 15 is 0 Å². The molecule has 3 nitrogen and oxygen atoms in total. The summed E-state index contributed by atoms with van der Waals surface area (Å²) in [6.45, 7) is 0. The van der Waals surface area contributed by atoms with Crippen molar-refractivity contribution in [2.45, 2.75) is 12.4 Å². The smallest absolute Gasteiger partial charge is 0.321 e. The van der Waals surface area contributed by atoms with Crippen molar-refractivity contribution in [1.29, 1.82) is 0 Å². The summed E-state index contributed by atoms with van der Waals surface area (Å²) in [5.74, 6) is 0. The Morgan fingerprint density at radius 3 is 1.39 bits per heavy atom. The molecule has 0 bridgehead atoms. The van der Waals surface area contributed by atoms with Gasteiger partial charge in [-0.15, -0.1) is 0 Å². The molecule has 1 aromatic carbocycles. The minimum atomic E-state index is -5.21. The van der Waals surface area contributed by atoms with Gasteiger partial charge in [0.05, 0.1) is 16.4 Å². The van der Waals surface area contributed by atoms with Crippen molar-refractivity contribution in [1.82, 2.24) is 0 Å². The molecule has 0 spiro atoms. The number of halogens is 6. The van der Waals surface area contributed by atoms with Gasteiger partial charge in [-0.05, 0) is 18.2 Å². The Labute approximate surface area is 96.2 Å². The van der Waals surface area contributed by atoms with Gasteiger partial charge in [0.1, 0.15) is 0 Å². The van der Waals surface area contributed by atoms with E-state index < -0.39 is 36.4 Å². The van der Waals surface area contributed by atoms with Gasteiger partial charge in [-0.2, -0.15) is 26.3 Å². The summed E-state index contributed by atoms with van der Waals surface area (Å²) < 4.78 is 84.6. The lowest BCUT2D eigenvalue weighted by molar-refractivity contribution is -0.142. The van der Waals surface area contributed by atoms with Gasteiger partial charge in [-0.25, -0.2) is 0 Å². The molecule has 0 aliphatic rings. The van der Waals surface area contributed by atoms with E-state index in [-0.39, 0.29) is 18.2 Å². The molecule has 102 valence electrons. The van der Waals surface area contributed by atoms with Crippen molar-refractivity contribution in [2.75, 3.05) is 0 Å². The van der Waals surface area contributed by atoms with E-state index in [0.717, 1.165) is 0 Å². The average Bonchev–Trinajstić information content (AvgIpc) is 2.13. The highest BCUT2D eigenvalue weighted by Gasteiger charge is 2.38. The van der Waals surface area contributed by atoms with Crippen molar-refractivity contribution in [3.63, 3.8) is 0 Å². The quantitative estimate of drug-likeness (QED) is 0.618. The first-order chi connectivity index (χ1) is 7.82. The molecular weight excluding hydrogens is 289 g/mol. The molecule has 0 aliphatic heterocycles. The number of hydrogen-bond donors (Lipinski definition) is 2. The summed E-state index contributed by atoms with van der Waals surface area (Å²) in [4.78, 5) is 17.3. The monoisotopic (exact) mass is 294 g/mol. The van der Waals surface area contributed by atoms with Gasteiger partial charge in [0.25, 0.3) is 0 Å². The molecule has 0 aromatic heterocycles. The lowest BCUT2D eigenvalue weighted by Crippen LogP contribution is -2.17. The van der Waals surface area contributed by atoms with E-state index in [0.29, 0.717) is 0 Å². The molecule has 1 rings (SSSR count). The topological polar surface area (TPSA) is 57.5 Å². The van der Waals surface area contributed by atoms with Crippen LogP contribution in [0.2, 0.25) is 0 Å². The molecule has 18 heavy (non-hydrogen) atoms. The van der Waals surface area contributed by atoms with E-state index in [4.69, 9.17) is 9.79 Å². The fourth-order valence-electron chi connectivity index (χ4n) is 1.11. The predicted molar refractivity (Wildman–Crippen MR) is 48.1 cm³/mol. The van der Waals surface area contributed by atoms with Crippen molar-refractivity contribution in [3.8, 4) is 0 Å². The Balaban J connectivity index is 3.54. The van der Waals surface area contributed by atoms with Crippen LogP contribution in [0.4, 0.5) is 26.3 Å². The zero-order chi connectivity index (χ0) is 14.4. The molecule has 0 atom stereocenters. The van der Waals surface area contributed by atoms with Crippen molar-refractivity contribution < 1.29 is 40.7 Å². The summed E-state index contributed by atoms with van der Waals surface area (Å²) in [5.41, 5.74) is -3.54. The molecular formula is C8H5F6O3P. The zero-order valence-corrected chi connectivity index (χ0v) is 9.14. The highest BCUT2D eigenvalue weighted by atomic mass is 31.2. The van der Waals surface area contributed by atoms with Crippen LogP contribution >= 0.6 is 7.60 Å². The average molecular weight is 294 g/mol. The first kappa shape index (κ1) is 15.0. The van der Waals surface area contributed by atoms with Crippen LogP contribution < -0.4 is 5.30 Å². The molecule has 2 N–H and O–H groups in total. The fraction of sp³-hybridized carbons (Fsp3) is 0.250. The van der Waals surface area contributed by atoms with Gasteiger partial charge in [-0.3, -0.25) is 4.57 Å². The van der Waals surface area contributed by atoms with Gasteiger partial charge in [-0.1, -0.05) is 0 Å². The highest BCUT2D eigenvalue weighted by Crippen LogP contribution is 2.40. The molecule has 0 saturated heterocycles. The van der Waals surface area contributed by atoms with E-state index in [1.54, 1.807) is 0 Å². The van der Waals surface area contributed by atoms with Crippen LogP contribution in [-0.2, 0) is 16.9 Å². The van der Waals surface area contributed by atoms with E-state index in [2.05, 4.69) is 0 Å². The number of alkyl halides is 6. The number of rotatable bonds is 1. The third-order valence-corrected chi connectivity index (χ3v) is 2.84. The van der Waals surface area contributed by atoms with Crippen molar-refractivity contribution in [3.05, 3.63) is 29.3 Å². The van der Waals surface area contributed by atoms with Crippen LogP contribution in [0, 0.1) is 0 Å². The largest absolute Gasteiger partial charge is 0.416 e. The van der Waals surface area contributed by atoms with Crippen LogP contribution in [0.3, 0.4) is 0 Å². The Morgan fingerprint density at radius 1 is 0.833 bits per heavy atom. The first-order valence-corrected chi connectivity index (χ1v) is 5.78. The fourth-order valence-corrected chi connectivity index (χ4v) is 1.72. The Hall–Kier alpha value is -1.05.